The number of nitrogens with zero attached hydrogens (tertiary/aromatic N) is 2. The van der Waals surface area contributed by atoms with Gasteiger partial charge in [0.2, 0.25) is 11.8 Å². The first kappa shape index (κ1) is 32.6. The Balaban J connectivity index is 1.72. The number of nitrogens with one attached hydrogen (secondary N) is 1. The highest BCUT2D eigenvalue weighted by molar-refractivity contribution is 7.92. The third-order valence-corrected chi connectivity index (χ3v) is 9.93. The minimum Gasteiger partial charge on any atom is -0.492 e. The third-order valence-electron chi connectivity index (χ3n) is 7.53. The van der Waals surface area contributed by atoms with Crippen LogP contribution >= 0.6 is 23.2 Å². The van der Waals surface area contributed by atoms with Gasteiger partial charge in [0.15, 0.2) is 0 Å². The van der Waals surface area contributed by atoms with Gasteiger partial charge < -0.3 is 15.0 Å². The molecular weight excluding hydrogens is 609 g/mol. The van der Waals surface area contributed by atoms with Crippen LogP contribution in [-0.4, -0.2) is 50.4 Å². The molecule has 3 aromatic rings. The minimum atomic E-state index is -4.27. The molecule has 8 nitrogen and oxygen atoms in total. The van der Waals surface area contributed by atoms with Crippen molar-refractivity contribution >= 4 is 50.7 Å². The van der Waals surface area contributed by atoms with Crippen molar-refractivity contribution < 1.29 is 22.7 Å². The minimum absolute atomic E-state index is 0.0136. The van der Waals surface area contributed by atoms with Gasteiger partial charge in [0.25, 0.3) is 10.0 Å². The molecule has 11 heteroatoms. The Morgan fingerprint density at radius 2 is 1.60 bits per heavy atom. The topological polar surface area (TPSA) is 96.0 Å². The van der Waals surface area contributed by atoms with Crippen LogP contribution in [0.3, 0.4) is 0 Å². The molecule has 1 fully saturated rings. The van der Waals surface area contributed by atoms with Gasteiger partial charge in [-0.2, -0.15) is 0 Å². The highest BCUT2D eigenvalue weighted by Crippen LogP contribution is 2.33. The molecule has 2 amide bonds. The number of carbonyl (C=O) groups excluding carboxylic acids is 2. The van der Waals surface area contributed by atoms with E-state index >= 15 is 0 Å². The number of carbonyl (C=O) groups is 2. The second-order valence-electron chi connectivity index (χ2n) is 10.5. The number of ether oxygens (including phenoxy) is 1. The molecule has 1 saturated carbocycles. The van der Waals surface area contributed by atoms with E-state index in [0.717, 1.165) is 36.4 Å². The Kier molecular flexibility index (Phi) is 11.3. The Hall–Kier alpha value is -3.27. The number of rotatable bonds is 12. The van der Waals surface area contributed by atoms with Crippen LogP contribution in [0.25, 0.3) is 0 Å². The van der Waals surface area contributed by atoms with Crippen LogP contribution in [-0.2, 0) is 26.2 Å². The fourth-order valence-electron chi connectivity index (χ4n) is 5.15. The van der Waals surface area contributed by atoms with Crippen molar-refractivity contribution in [1.82, 2.24) is 10.2 Å². The lowest BCUT2D eigenvalue weighted by atomic mass is 9.95. The molecule has 0 heterocycles. The number of sulfonamides is 1. The first-order valence-electron chi connectivity index (χ1n) is 14.4. The summed E-state index contributed by atoms with van der Waals surface area (Å²) in [6.07, 6.45) is 4.99. The fraction of sp³-hybridized carbons (Fsp3) is 0.375. The van der Waals surface area contributed by atoms with Crippen molar-refractivity contribution in [3.05, 3.63) is 88.4 Å². The van der Waals surface area contributed by atoms with Gasteiger partial charge in [0, 0.05) is 22.6 Å². The van der Waals surface area contributed by atoms with E-state index in [2.05, 4.69) is 5.32 Å². The standard InChI is InChI=1S/C32H37Cl2N3O5S/c1-3-42-30-16-10-9-15-29(30)37(43(40,41)27-19-17-25(33)18-20-27)22-31(38)36(21-24-11-7-8-14-28(24)34)23(2)32(39)35-26-12-5-4-6-13-26/h7-11,14-20,23,26H,3-6,12-13,21-22H2,1-2H3,(H,35,39)/t23-/m1/s1. The van der Waals surface area contributed by atoms with Crippen molar-refractivity contribution in [3.8, 4) is 5.75 Å². The van der Waals surface area contributed by atoms with Crippen LogP contribution in [0.1, 0.15) is 51.5 Å². The highest BCUT2D eigenvalue weighted by atomic mass is 35.5. The van der Waals surface area contributed by atoms with E-state index in [4.69, 9.17) is 27.9 Å². The molecule has 0 aromatic heterocycles. The fourth-order valence-corrected chi connectivity index (χ4v) is 6.90. The molecule has 230 valence electrons. The summed E-state index contributed by atoms with van der Waals surface area (Å²) in [6, 6.07) is 18.6. The summed E-state index contributed by atoms with van der Waals surface area (Å²) in [4.78, 5) is 29.0. The maximum absolute atomic E-state index is 14.2. The summed E-state index contributed by atoms with van der Waals surface area (Å²) in [6.45, 7) is 3.16. The molecule has 0 saturated heterocycles. The average molecular weight is 647 g/mol. The molecule has 0 spiro atoms. The molecule has 1 aliphatic carbocycles. The summed E-state index contributed by atoms with van der Waals surface area (Å²) in [5.74, 6) is -0.569. The number of halogens is 2. The van der Waals surface area contributed by atoms with Crippen LogP contribution < -0.4 is 14.4 Å². The Labute approximate surface area is 264 Å². The number of hydrogen-bond donors (Lipinski definition) is 1. The SMILES string of the molecule is CCOc1ccccc1N(CC(=O)N(Cc1ccccc1Cl)[C@H](C)C(=O)NC1CCCCC1)S(=O)(=O)c1ccc(Cl)cc1. The monoisotopic (exact) mass is 645 g/mol. The molecule has 4 rings (SSSR count). The van der Waals surface area contributed by atoms with Gasteiger partial charge >= 0.3 is 0 Å². The zero-order valence-electron chi connectivity index (χ0n) is 24.3. The zero-order valence-corrected chi connectivity index (χ0v) is 26.7. The lowest BCUT2D eigenvalue weighted by Gasteiger charge is -2.33. The number of amides is 2. The lowest BCUT2D eigenvalue weighted by molar-refractivity contribution is -0.139. The largest absolute Gasteiger partial charge is 0.492 e. The van der Waals surface area contributed by atoms with Crippen molar-refractivity contribution in [2.24, 2.45) is 0 Å². The van der Waals surface area contributed by atoms with Crippen LogP contribution in [0.5, 0.6) is 5.75 Å². The van der Waals surface area contributed by atoms with E-state index in [9.17, 15) is 18.0 Å². The van der Waals surface area contributed by atoms with Crippen LogP contribution in [0.4, 0.5) is 5.69 Å². The highest BCUT2D eigenvalue weighted by Gasteiger charge is 2.34. The molecule has 1 atom stereocenters. The van der Waals surface area contributed by atoms with E-state index in [1.54, 1.807) is 62.4 Å². The maximum atomic E-state index is 14.2. The van der Waals surface area contributed by atoms with Gasteiger partial charge in [-0.3, -0.25) is 13.9 Å². The number of para-hydroxylation sites is 2. The molecule has 0 radical (unpaired) electrons. The Bertz CT molecular complexity index is 1510. The first-order valence-corrected chi connectivity index (χ1v) is 16.6. The normalized spacial score (nSPS) is 14.5. The predicted octanol–water partition coefficient (Wildman–Crippen LogP) is 6.45. The second kappa shape index (κ2) is 14.9. The Morgan fingerprint density at radius 1 is 0.953 bits per heavy atom. The maximum Gasteiger partial charge on any atom is 0.264 e. The van der Waals surface area contributed by atoms with Crippen molar-refractivity contribution in [2.75, 3.05) is 17.5 Å². The molecule has 1 N–H and O–H groups in total. The lowest BCUT2D eigenvalue weighted by Crippen LogP contribution is -2.53. The summed E-state index contributed by atoms with van der Waals surface area (Å²) >= 11 is 12.5. The van der Waals surface area contributed by atoms with Gasteiger partial charge in [0.05, 0.1) is 17.2 Å². The van der Waals surface area contributed by atoms with Gasteiger partial charge in [-0.1, -0.05) is 72.8 Å². The number of hydrogen-bond acceptors (Lipinski definition) is 5. The van der Waals surface area contributed by atoms with Crippen molar-refractivity contribution in [2.45, 2.75) is 69.5 Å². The van der Waals surface area contributed by atoms with Crippen LogP contribution in [0.2, 0.25) is 10.0 Å². The van der Waals surface area contributed by atoms with E-state index in [-0.39, 0.29) is 35.7 Å². The van der Waals surface area contributed by atoms with Gasteiger partial charge in [-0.25, -0.2) is 8.42 Å². The average Bonchev–Trinajstić information content (AvgIpc) is 3.00. The van der Waals surface area contributed by atoms with Gasteiger partial charge in [-0.15, -0.1) is 0 Å². The van der Waals surface area contributed by atoms with Crippen LogP contribution in [0, 0.1) is 0 Å². The summed E-state index contributed by atoms with van der Waals surface area (Å²) in [5, 5.41) is 3.91. The van der Waals surface area contributed by atoms with E-state index in [1.807, 2.05) is 0 Å². The Morgan fingerprint density at radius 3 is 2.28 bits per heavy atom. The van der Waals surface area contributed by atoms with Crippen LogP contribution in [0.15, 0.2) is 77.7 Å². The smallest absolute Gasteiger partial charge is 0.264 e. The van der Waals surface area contributed by atoms with Crippen molar-refractivity contribution in [3.63, 3.8) is 0 Å². The van der Waals surface area contributed by atoms with Gasteiger partial charge in [-0.05, 0) is 74.7 Å². The zero-order chi connectivity index (χ0) is 31.0. The predicted molar refractivity (Wildman–Crippen MR) is 170 cm³/mol. The molecular formula is C32H37Cl2N3O5S. The molecule has 0 unspecified atom stereocenters. The number of benzene rings is 3. The van der Waals surface area contributed by atoms with E-state index in [0.29, 0.717) is 21.4 Å². The molecule has 1 aliphatic rings. The molecule has 0 aliphatic heterocycles. The van der Waals surface area contributed by atoms with Gasteiger partial charge in [0.1, 0.15) is 18.3 Å². The quantitative estimate of drug-likeness (QED) is 0.244. The molecule has 43 heavy (non-hydrogen) atoms. The summed E-state index contributed by atoms with van der Waals surface area (Å²) < 4.78 is 35.0. The molecule has 3 aromatic carbocycles. The first-order chi connectivity index (χ1) is 20.6. The van der Waals surface area contributed by atoms with E-state index < -0.39 is 28.5 Å². The number of anilines is 1. The molecule has 0 bridgehead atoms. The third kappa shape index (κ3) is 8.22. The summed E-state index contributed by atoms with van der Waals surface area (Å²) in [5.41, 5.74) is 0.835. The second-order valence-corrected chi connectivity index (χ2v) is 13.2. The van der Waals surface area contributed by atoms with Crippen molar-refractivity contribution in [1.29, 1.82) is 0 Å². The summed E-state index contributed by atoms with van der Waals surface area (Å²) in [7, 11) is -4.27. The van der Waals surface area contributed by atoms with E-state index in [1.165, 1.54) is 29.2 Å².